The summed E-state index contributed by atoms with van der Waals surface area (Å²) < 4.78 is 6.74. The van der Waals surface area contributed by atoms with Gasteiger partial charge in [-0.15, -0.1) is 0 Å². The molecular formula is C10H14N6O2. The fourth-order valence-corrected chi connectivity index (χ4v) is 1.52. The number of carbonyl (C=O) groups excluding carboxylic acids is 1. The molecule has 0 saturated carbocycles. The van der Waals surface area contributed by atoms with Crippen LogP contribution in [0.15, 0.2) is 12.7 Å². The number of aromatic nitrogens is 4. The van der Waals surface area contributed by atoms with Gasteiger partial charge in [-0.1, -0.05) is 0 Å². The highest BCUT2D eigenvalue weighted by molar-refractivity contribution is 5.95. The zero-order valence-electron chi connectivity index (χ0n) is 10.2. The Morgan fingerprint density at radius 3 is 3.00 bits per heavy atom. The van der Waals surface area contributed by atoms with Crippen LogP contribution in [0.4, 0.5) is 10.6 Å². The molecule has 0 aliphatic heterocycles. The molecule has 96 valence electrons. The Labute approximate surface area is 103 Å². The summed E-state index contributed by atoms with van der Waals surface area (Å²) in [6.45, 7) is 2.72. The van der Waals surface area contributed by atoms with Gasteiger partial charge in [0.05, 0.1) is 6.33 Å². The number of rotatable bonds is 4. The van der Waals surface area contributed by atoms with Crippen molar-refractivity contribution >= 4 is 23.0 Å². The van der Waals surface area contributed by atoms with Crippen molar-refractivity contribution in [2.45, 2.75) is 13.7 Å². The fourth-order valence-electron chi connectivity index (χ4n) is 1.52. The number of hydrogen-bond acceptors (Lipinski definition) is 5. The predicted molar refractivity (Wildman–Crippen MR) is 65.0 cm³/mol. The van der Waals surface area contributed by atoms with Crippen molar-refractivity contribution in [3.8, 4) is 0 Å². The van der Waals surface area contributed by atoms with Crippen LogP contribution in [0.3, 0.4) is 0 Å². The van der Waals surface area contributed by atoms with Crippen LogP contribution in [0.1, 0.15) is 6.92 Å². The van der Waals surface area contributed by atoms with Gasteiger partial charge < -0.3 is 10.1 Å². The van der Waals surface area contributed by atoms with Gasteiger partial charge in [0.25, 0.3) is 0 Å². The Balaban J connectivity index is 2.31. The van der Waals surface area contributed by atoms with Crippen molar-refractivity contribution in [1.29, 1.82) is 0 Å². The van der Waals surface area contributed by atoms with E-state index in [9.17, 15) is 4.79 Å². The number of nitrogens with zero attached hydrogens (tertiary/aromatic N) is 4. The third-order valence-corrected chi connectivity index (χ3v) is 2.24. The Bertz CT molecular complexity index is 552. The van der Waals surface area contributed by atoms with Gasteiger partial charge in [-0.05, 0) is 6.92 Å². The topological polar surface area (TPSA) is 94.0 Å². The summed E-state index contributed by atoms with van der Waals surface area (Å²) in [6, 6.07) is -0.321. The molecule has 8 nitrogen and oxygen atoms in total. The first kappa shape index (κ1) is 12.2. The summed E-state index contributed by atoms with van der Waals surface area (Å²) in [5.41, 5.74) is 1.14. The van der Waals surface area contributed by atoms with Crippen LogP contribution in [0.2, 0.25) is 0 Å². The van der Waals surface area contributed by atoms with E-state index in [-0.39, 0.29) is 6.03 Å². The monoisotopic (exact) mass is 250 g/mol. The van der Waals surface area contributed by atoms with Gasteiger partial charge in [0.15, 0.2) is 17.0 Å². The van der Waals surface area contributed by atoms with Crippen molar-refractivity contribution in [3.63, 3.8) is 0 Å². The average Bonchev–Trinajstić information content (AvgIpc) is 2.75. The van der Waals surface area contributed by atoms with Gasteiger partial charge in [-0.25, -0.2) is 19.7 Å². The van der Waals surface area contributed by atoms with Gasteiger partial charge >= 0.3 is 6.03 Å². The zero-order valence-corrected chi connectivity index (χ0v) is 10.2. The lowest BCUT2D eigenvalue weighted by atomic mass is 10.5. The van der Waals surface area contributed by atoms with Crippen molar-refractivity contribution in [2.75, 3.05) is 19.0 Å². The van der Waals surface area contributed by atoms with Crippen molar-refractivity contribution in [2.24, 2.45) is 0 Å². The molecule has 0 atom stereocenters. The lowest BCUT2D eigenvalue weighted by Gasteiger charge is -2.05. The predicted octanol–water partition coefficient (Wildman–Crippen LogP) is 0.572. The molecule has 0 aliphatic rings. The lowest BCUT2D eigenvalue weighted by Crippen LogP contribution is -2.28. The minimum atomic E-state index is -0.321. The van der Waals surface area contributed by atoms with Crippen LogP contribution in [0.5, 0.6) is 0 Å². The molecule has 0 aromatic carbocycles. The molecule has 2 rings (SSSR count). The number of ether oxygens (including phenoxy) is 1. The maximum absolute atomic E-state index is 11.4. The minimum absolute atomic E-state index is 0.321. The number of fused-ring (bicyclic) bond motifs is 1. The first-order valence-corrected chi connectivity index (χ1v) is 5.46. The Morgan fingerprint density at radius 1 is 1.44 bits per heavy atom. The second-order valence-electron chi connectivity index (χ2n) is 3.51. The molecular weight excluding hydrogens is 236 g/mol. The molecule has 0 fully saturated rings. The molecule has 0 spiro atoms. The fraction of sp³-hybridized carbons (Fsp3) is 0.400. The lowest BCUT2D eigenvalue weighted by molar-refractivity contribution is 0.134. The number of amides is 2. The SMILES string of the molecule is CCNC(=O)Nc1ncnc2c1ncn2COC. The second-order valence-corrected chi connectivity index (χ2v) is 3.51. The number of carbonyl (C=O) groups is 1. The van der Waals surface area contributed by atoms with E-state index in [0.717, 1.165) is 0 Å². The maximum Gasteiger partial charge on any atom is 0.320 e. The summed E-state index contributed by atoms with van der Waals surface area (Å²) in [6.07, 6.45) is 2.96. The highest BCUT2D eigenvalue weighted by Crippen LogP contribution is 2.16. The first-order chi connectivity index (χ1) is 8.76. The third kappa shape index (κ3) is 2.38. The highest BCUT2D eigenvalue weighted by Gasteiger charge is 2.11. The molecule has 2 aromatic heterocycles. The Hall–Kier alpha value is -2.22. The van der Waals surface area contributed by atoms with Gasteiger partial charge in [0, 0.05) is 13.7 Å². The molecule has 2 heterocycles. The van der Waals surface area contributed by atoms with E-state index in [0.29, 0.717) is 30.3 Å². The van der Waals surface area contributed by atoms with Gasteiger partial charge in [-0.2, -0.15) is 0 Å². The number of imidazole rings is 1. The number of methoxy groups -OCH3 is 1. The number of hydrogen-bond donors (Lipinski definition) is 2. The minimum Gasteiger partial charge on any atom is -0.364 e. The third-order valence-electron chi connectivity index (χ3n) is 2.24. The number of anilines is 1. The molecule has 2 N–H and O–H groups in total. The smallest absolute Gasteiger partial charge is 0.320 e. The van der Waals surface area contributed by atoms with E-state index in [1.54, 1.807) is 18.0 Å². The van der Waals surface area contributed by atoms with E-state index in [1.807, 2.05) is 6.92 Å². The second kappa shape index (κ2) is 5.41. The average molecular weight is 250 g/mol. The van der Waals surface area contributed by atoms with E-state index in [2.05, 4.69) is 25.6 Å². The Morgan fingerprint density at radius 2 is 2.28 bits per heavy atom. The molecule has 8 heteroatoms. The zero-order chi connectivity index (χ0) is 13.0. The molecule has 0 unspecified atom stereocenters. The first-order valence-electron chi connectivity index (χ1n) is 5.46. The van der Waals surface area contributed by atoms with Crippen LogP contribution in [0, 0.1) is 0 Å². The normalized spacial score (nSPS) is 10.6. The van der Waals surface area contributed by atoms with E-state index in [4.69, 9.17) is 4.74 Å². The summed E-state index contributed by atoms with van der Waals surface area (Å²) >= 11 is 0. The van der Waals surface area contributed by atoms with Crippen LogP contribution in [-0.4, -0.2) is 39.2 Å². The summed E-state index contributed by atoms with van der Waals surface area (Å²) in [5, 5.41) is 5.24. The van der Waals surface area contributed by atoms with Crippen LogP contribution in [-0.2, 0) is 11.5 Å². The number of urea groups is 1. The molecule has 2 amide bonds. The van der Waals surface area contributed by atoms with Crippen LogP contribution in [0.25, 0.3) is 11.2 Å². The number of nitrogens with one attached hydrogen (secondary N) is 2. The van der Waals surface area contributed by atoms with Gasteiger partial charge in [0.2, 0.25) is 0 Å². The Kier molecular flexibility index (Phi) is 3.68. The molecule has 0 radical (unpaired) electrons. The van der Waals surface area contributed by atoms with E-state index < -0.39 is 0 Å². The van der Waals surface area contributed by atoms with Crippen LogP contribution >= 0.6 is 0 Å². The maximum atomic E-state index is 11.4. The molecule has 0 aliphatic carbocycles. The highest BCUT2D eigenvalue weighted by atomic mass is 16.5. The quantitative estimate of drug-likeness (QED) is 0.827. The molecule has 0 bridgehead atoms. The van der Waals surface area contributed by atoms with Gasteiger partial charge in [-0.3, -0.25) is 9.88 Å². The van der Waals surface area contributed by atoms with Gasteiger partial charge in [0.1, 0.15) is 13.1 Å². The summed E-state index contributed by atoms with van der Waals surface area (Å²) in [7, 11) is 1.58. The largest absolute Gasteiger partial charge is 0.364 e. The standard InChI is InChI=1S/C10H14N6O2/c1-3-11-10(17)15-8-7-9(13-4-12-8)16(5-14-7)6-18-2/h4-5H,3,6H2,1-2H3,(H2,11,12,13,15,17). The van der Waals surface area contributed by atoms with Crippen molar-refractivity contribution in [1.82, 2.24) is 24.8 Å². The van der Waals surface area contributed by atoms with Crippen molar-refractivity contribution < 1.29 is 9.53 Å². The van der Waals surface area contributed by atoms with Crippen molar-refractivity contribution in [3.05, 3.63) is 12.7 Å². The van der Waals surface area contributed by atoms with E-state index >= 15 is 0 Å². The molecule has 18 heavy (non-hydrogen) atoms. The summed E-state index contributed by atoms with van der Waals surface area (Å²) in [4.78, 5) is 23.7. The van der Waals surface area contributed by atoms with Crippen LogP contribution < -0.4 is 10.6 Å². The summed E-state index contributed by atoms with van der Waals surface area (Å²) in [5.74, 6) is 0.376. The molecule has 0 saturated heterocycles. The van der Waals surface area contributed by atoms with E-state index in [1.165, 1.54) is 6.33 Å². The molecule has 2 aromatic rings.